The number of hydrogen-bond acceptors (Lipinski definition) is 1. The first-order valence-electron chi connectivity index (χ1n) is 7.15. The lowest BCUT2D eigenvalue weighted by Gasteiger charge is -2.08. The topological polar surface area (TPSA) is 12.9 Å². The van der Waals surface area contributed by atoms with Crippen molar-refractivity contribution in [1.29, 1.82) is 0 Å². The van der Waals surface area contributed by atoms with Crippen LogP contribution in [0.1, 0.15) is 36.2 Å². The lowest BCUT2D eigenvalue weighted by Crippen LogP contribution is -2.09. The van der Waals surface area contributed by atoms with Crippen LogP contribution in [0, 0.1) is 13.8 Å². The fourth-order valence-electron chi connectivity index (χ4n) is 1.67. The summed E-state index contributed by atoms with van der Waals surface area (Å²) < 4.78 is 72.1. The minimum atomic E-state index is -4.33. The molecule has 0 unspecified atom stereocenters. The summed E-state index contributed by atoms with van der Waals surface area (Å²) in [5, 5.41) is 0. The first-order chi connectivity index (χ1) is 11.0. The Labute approximate surface area is 137 Å². The summed E-state index contributed by atoms with van der Waals surface area (Å²) in [6, 6.07) is 8.36. The molecule has 0 aliphatic rings. The van der Waals surface area contributed by atoms with Crippen LogP contribution < -0.4 is 0 Å². The van der Waals surface area contributed by atoms with Crippen molar-refractivity contribution in [3.05, 3.63) is 65.0 Å². The van der Waals surface area contributed by atoms with E-state index in [-0.39, 0.29) is 11.1 Å². The van der Waals surface area contributed by atoms with Gasteiger partial charge in [0.2, 0.25) is 0 Å². The van der Waals surface area contributed by atoms with E-state index in [4.69, 9.17) is 0 Å². The van der Waals surface area contributed by atoms with Crippen molar-refractivity contribution in [2.45, 2.75) is 40.0 Å². The molecule has 0 radical (unpaired) electrons. The molecule has 134 valence electrons. The smallest absolute Gasteiger partial charge is 0.252 e. The molecule has 0 atom stereocenters. The van der Waals surface area contributed by atoms with E-state index in [1.165, 1.54) is 38.1 Å². The molecule has 0 aliphatic heterocycles. The zero-order chi connectivity index (χ0) is 19.0. The summed E-state index contributed by atoms with van der Waals surface area (Å²) in [4.78, 5) is 3.22. The summed E-state index contributed by atoms with van der Waals surface area (Å²) in [5.74, 6) is 0. The molecule has 1 nitrogen and oxygen atoms in total. The molecule has 1 aromatic heterocycles. The normalized spacial score (nSPS) is 10.9. The number of aromatic nitrogens is 1. The Bertz CT molecular complexity index is 561. The lowest BCUT2D eigenvalue weighted by molar-refractivity contribution is -0.141. The molecule has 24 heavy (non-hydrogen) atoms. The number of pyridine rings is 1. The van der Waals surface area contributed by atoms with Gasteiger partial charge in [-0.2, -0.15) is 26.3 Å². The molecule has 2 aromatic rings. The Kier molecular flexibility index (Phi) is 8.50. The number of rotatable bonds is 0. The zero-order valence-corrected chi connectivity index (χ0v) is 13.8. The maximum absolute atomic E-state index is 12.0. The van der Waals surface area contributed by atoms with Crippen LogP contribution in [-0.2, 0) is 12.4 Å². The van der Waals surface area contributed by atoms with Gasteiger partial charge in [0.05, 0.1) is 5.56 Å². The van der Waals surface area contributed by atoms with Crippen LogP contribution in [0.4, 0.5) is 26.3 Å². The van der Waals surface area contributed by atoms with E-state index in [0.717, 1.165) is 12.3 Å². The summed E-state index contributed by atoms with van der Waals surface area (Å²) >= 11 is 0. The number of nitrogens with zero attached hydrogens (tertiary/aromatic N) is 1. The van der Waals surface area contributed by atoms with Crippen molar-refractivity contribution >= 4 is 0 Å². The molecule has 0 spiro atoms. The number of aryl methyl sites for hydroxylation is 2. The van der Waals surface area contributed by atoms with Crippen molar-refractivity contribution < 1.29 is 26.3 Å². The molecule has 0 bridgehead atoms. The van der Waals surface area contributed by atoms with Crippen molar-refractivity contribution in [3.8, 4) is 0 Å². The van der Waals surface area contributed by atoms with Gasteiger partial charge in [-0.15, -0.1) is 0 Å². The van der Waals surface area contributed by atoms with Gasteiger partial charge in [0.25, 0.3) is 0 Å². The van der Waals surface area contributed by atoms with Gasteiger partial charge in [0.1, 0.15) is 5.69 Å². The predicted molar refractivity (Wildman–Crippen MR) is 81.5 cm³/mol. The molecule has 0 amide bonds. The van der Waals surface area contributed by atoms with E-state index in [1.54, 1.807) is 6.07 Å². The van der Waals surface area contributed by atoms with Crippen molar-refractivity contribution in [2.75, 3.05) is 0 Å². The van der Waals surface area contributed by atoms with E-state index in [2.05, 4.69) is 4.98 Å². The molecule has 0 N–H and O–H groups in total. The Hall–Kier alpha value is -2.05. The molecule has 0 fully saturated rings. The van der Waals surface area contributed by atoms with Crippen molar-refractivity contribution in [2.24, 2.45) is 0 Å². The average Bonchev–Trinajstić information content (AvgIpc) is 2.48. The second-order valence-electron chi connectivity index (χ2n) is 4.48. The summed E-state index contributed by atoms with van der Waals surface area (Å²) in [6.45, 7) is 6.83. The van der Waals surface area contributed by atoms with Gasteiger partial charge < -0.3 is 0 Å². The Morgan fingerprint density at radius 2 is 1.21 bits per heavy atom. The Morgan fingerprint density at radius 1 is 0.708 bits per heavy atom. The number of halogens is 6. The first-order valence-corrected chi connectivity index (χ1v) is 7.15. The zero-order valence-electron chi connectivity index (χ0n) is 13.8. The summed E-state index contributed by atoms with van der Waals surface area (Å²) in [5.41, 5.74) is -0.944. The third-order valence-corrected chi connectivity index (χ3v) is 2.73. The molecule has 0 aliphatic carbocycles. The van der Waals surface area contributed by atoms with Crippen LogP contribution in [0.3, 0.4) is 0 Å². The van der Waals surface area contributed by atoms with Crippen molar-refractivity contribution in [3.63, 3.8) is 0 Å². The third kappa shape index (κ3) is 7.02. The highest BCUT2D eigenvalue weighted by atomic mass is 19.4. The fourth-order valence-corrected chi connectivity index (χ4v) is 1.67. The number of benzene rings is 1. The summed E-state index contributed by atoms with van der Waals surface area (Å²) in [7, 11) is 0. The highest BCUT2D eigenvalue weighted by Gasteiger charge is 2.33. The van der Waals surface area contributed by atoms with Gasteiger partial charge in [0.15, 0.2) is 0 Å². The van der Waals surface area contributed by atoms with E-state index < -0.39 is 23.6 Å². The molecule has 2 rings (SSSR count). The maximum Gasteiger partial charge on any atom is 0.433 e. The Morgan fingerprint density at radius 3 is 1.54 bits per heavy atom. The number of hydrogen-bond donors (Lipinski definition) is 0. The molecule has 1 heterocycles. The van der Waals surface area contributed by atoms with E-state index >= 15 is 0 Å². The molecule has 0 saturated heterocycles. The third-order valence-electron chi connectivity index (χ3n) is 2.73. The molecule has 0 saturated carbocycles. The minimum absolute atomic E-state index is 0.153. The quantitative estimate of drug-likeness (QED) is 0.497. The van der Waals surface area contributed by atoms with E-state index in [1.807, 2.05) is 13.8 Å². The maximum atomic E-state index is 12.0. The van der Waals surface area contributed by atoms with Gasteiger partial charge >= 0.3 is 12.4 Å². The number of alkyl halides is 6. The molecule has 1 aromatic carbocycles. The van der Waals surface area contributed by atoms with Crippen LogP contribution in [0.25, 0.3) is 0 Å². The van der Waals surface area contributed by atoms with Crippen molar-refractivity contribution in [1.82, 2.24) is 4.98 Å². The lowest BCUT2D eigenvalue weighted by atomic mass is 10.1. The fraction of sp³-hybridized carbons (Fsp3) is 0.353. The van der Waals surface area contributed by atoms with Gasteiger partial charge in [-0.3, -0.25) is 4.98 Å². The van der Waals surface area contributed by atoms with Gasteiger partial charge in [-0.1, -0.05) is 38.1 Å². The standard InChI is InChI=1S/C8H7F3.C7H6F3N.C2H6/c1-6-4-2-3-5-7(6)8(9,10)11;1-5-3-2-4-11-6(5)7(8,9)10;1-2/h2-5H,1H3;2-4H,1H3;1-2H3. The second-order valence-corrected chi connectivity index (χ2v) is 4.48. The van der Waals surface area contributed by atoms with Crippen LogP contribution in [0.15, 0.2) is 42.6 Å². The highest BCUT2D eigenvalue weighted by Crippen LogP contribution is 2.31. The highest BCUT2D eigenvalue weighted by molar-refractivity contribution is 5.27. The first kappa shape index (κ1) is 21.9. The SMILES string of the molecule is CC.Cc1ccccc1C(F)(F)F.Cc1cccnc1C(F)(F)F. The second kappa shape index (κ2) is 9.30. The van der Waals surface area contributed by atoms with E-state index in [9.17, 15) is 26.3 Å². The van der Waals surface area contributed by atoms with Gasteiger partial charge in [-0.25, -0.2) is 0 Å². The van der Waals surface area contributed by atoms with Gasteiger partial charge in [0, 0.05) is 6.20 Å². The average molecular weight is 351 g/mol. The van der Waals surface area contributed by atoms with Crippen LogP contribution in [0.5, 0.6) is 0 Å². The molecular formula is C17H19F6N. The largest absolute Gasteiger partial charge is 0.433 e. The summed E-state index contributed by atoms with van der Waals surface area (Å²) in [6.07, 6.45) is -7.41. The van der Waals surface area contributed by atoms with Gasteiger partial charge in [-0.05, 0) is 37.1 Å². The van der Waals surface area contributed by atoms with Crippen LogP contribution in [0.2, 0.25) is 0 Å². The van der Waals surface area contributed by atoms with Crippen LogP contribution >= 0.6 is 0 Å². The minimum Gasteiger partial charge on any atom is -0.252 e. The molecular weight excluding hydrogens is 332 g/mol. The molecule has 7 heteroatoms. The van der Waals surface area contributed by atoms with E-state index in [0.29, 0.717) is 0 Å². The van der Waals surface area contributed by atoms with Crippen LogP contribution in [-0.4, -0.2) is 4.98 Å². The monoisotopic (exact) mass is 351 g/mol. The Balaban J connectivity index is 0.000000400. The predicted octanol–water partition coefficient (Wildman–Crippen LogP) is 6.45.